The van der Waals surface area contributed by atoms with Crippen LogP contribution >= 0.6 is 0 Å². The summed E-state index contributed by atoms with van der Waals surface area (Å²) in [7, 11) is 0. The fourth-order valence-corrected chi connectivity index (χ4v) is 4.40. The van der Waals surface area contributed by atoms with Crippen LogP contribution in [0.25, 0.3) is 16.8 Å². The van der Waals surface area contributed by atoms with E-state index in [0.29, 0.717) is 17.9 Å². The molecule has 2 amide bonds. The normalized spacial score (nSPS) is 11.3. The molecule has 202 valence electrons. The minimum Gasteiger partial charge on any atom is -0.329 e. The molecule has 0 saturated heterocycles. The molecule has 0 saturated carbocycles. The lowest BCUT2D eigenvalue weighted by Gasteiger charge is -2.22. The van der Waals surface area contributed by atoms with Crippen LogP contribution in [-0.2, 0) is 10.2 Å². The van der Waals surface area contributed by atoms with Gasteiger partial charge in [0.2, 0.25) is 5.91 Å². The number of carbonyl (C=O) groups is 2. The molecule has 0 aliphatic rings. The first-order valence-electron chi connectivity index (χ1n) is 13.6. The standard InChI is InChI=1S/C33H38N4O2/c1-6-7-21-36(32(39)27-19-17-26(18-20-27)25-14-9-8-10-15-25)23-31(38)34-30-22-29(33(3,4)5)35-37(30)28-16-12-11-13-24(28)2/h8-20,22H,6-7,21,23H2,1-5H3,(H,34,38). The van der Waals surface area contributed by atoms with Crippen LogP contribution in [0.15, 0.2) is 84.9 Å². The van der Waals surface area contributed by atoms with E-state index in [0.717, 1.165) is 40.9 Å². The van der Waals surface area contributed by atoms with Crippen LogP contribution in [-0.4, -0.2) is 39.6 Å². The number of carbonyl (C=O) groups excluding carboxylic acids is 2. The Morgan fingerprint density at radius 1 is 0.897 bits per heavy atom. The summed E-state index contributed by atoms with van der Waals surface area (Å²) in [6.07, 6.45) is 1.74. The van der Waals surface area contributed by atoms with Gasteiger partial charge in [0.15, 0.2) is 0 Å². The van der Waals surface area contributed by atoms with Crippen molar-refractivity contribution >= 4 is 17.6 Å². The quantitative estimate of drug-likeness (QED) is 0.257. The third-order valence-electron chi connectivity index (χ3n) is 6.73. The number of amides is 2. The van der Waals surface area contributed by atoms with Crippen molar-refractivity contribution in [1.82, 2.24) is 14.7 Å². The second-order valence-electron chi connectivity index (χ2n) is 10.9. The molecule has 0 atom stereocenters. The van der Waals surface area contributed by atoms with E-state index < -0.39 is 0 Å². The SMILES string of the molecule is CCCCN(CC(=O)Nc1cc(C(C)(C)C)nn1-c1ccccc1C)C(=O)c1ccc(-c2ccccc2)cc1. The van der Waals surface area contributed by atoms with Gasteiger partial charge in [-0.3, -0.25) is 9.59 Å². The molecule has 1 N–H and O–H groups in total. The van der Waals surface area contributed by atoms with E-state index in [4.69, 9.17) is 5.10 Å². The predicted molar refractivity (Wildman–Crippen MR) is 158 cm³/mol. The number of aryl methyl sites for hydroxylation is 1. The van der Waals surface area contributed by atoms with Gasteiger partial charge >= 0.3 is 0 Å². The van der Waals surface area contributed by atoms with Crippen LogP contribution in [0.3, 0.4) is 0 Å². The zero-order valence-corrected chi connectivity index (χ0v) is 23.6. The second kappa shape index (κ2) is 12.1. The zero-order valence-electron chi connectivity index (χ0n) is 23.6. The number of aromatic nitrogens is 2. The first kappa shape index (κ1) is 27.8. The summed E-state index contributed by atoms with van der Waals surface area (Å²) in [6.45, 7) is 10.8. The van der Waals surface area contributed by atoms with Gasteiger partial charge in [-0.1, -0.05) is 94.8 Å². The Hall–Kier alpha value is -4.19. The lowest BCUT2D eigenvalue weighted by molar-refractivity contribution is -0.117. The van der Waals surface area contributed by atoms with Crippen LogP contribution in [0, 0.1) is 6.92 Å². The van der Waals surface area contributed by atoms with Gasteiger partial charge < -0.3 is 10.2 Å². The van der Waals surface area contributed by atoms with Crippen molar-refractivity contribution in [1.29, 1.82) is 0 Å². The summed E-state index contributed by atoms with van der Waals surface area (Å²) >= 11 is 0. The first-order chi connectivity index (χ1) is 18.7. The van der Waals surface area contributed by atoms with Crippen LogP contribution in [0.2, 0.25) is 0 Å². The summed E-state index contributed by atoms with van der Waals surface area (Å²) in [5.41, 5.74) is 5.35. The summed E-state index contributed by atoms with van der Waals surface area (Å²) in [5, 5.41) is 7.87. The van der Waals surface area contributed by atoms with E-state index in [1.165, 1.54) is 0 Å². The summed E-state index contributed by atoms with van der Waals surface area (Å²) in [6, 6.07) is 27.5. The molecule has 0 aliphatic heterocycles. The van der Waals surface area contributed by atoms with Gasteiger partial charge in [-0.05, 0) is 48.2 Å². The maximum atomic E-state index is 13.5. The monoisotopic (exact) mass is 522 g/mol. The fraction of sp³-hybridized carbons (Fsp3) is 0.303. The molecule has 0 aliphatic carbocycles. The van der Waals surface area contributed by atoms with E-state index in [1.807, 2.05) is 91.9 Å². The number of benzene rings is 3. The van der Waals surface area contributed by atoms with E-state index in [2.05, 4.69) is 33.0 Å². The second-order valence-corrected chi connectivity index (χ2v) is 10.9. The third kappa shape index (κ3) is 6.82. The largest absolute Gasteiger partial charge is 0.329 e. The number of unbranched alkanes of at least 4 members (excludes halogenated alkanes) is 1. The predicted octanol–water partition coefficient (Wildman–Crippen LogP) is 7.03. The van der Waals surface area contributed by atoms with Crippen molar-refractivity contribution in [2.45, 2.75) is 52.9 Å². The van der Waals surface area contributed by atoms with Gasteiger partial charge in [0.25, 0.3) is 5.91 Å². The summed E-state index contributed by atoms with van der Waals surface area (Å²) in [4.78, 5) is 28.5. The van der Waals surface area contributed by atoms with Gasteiger partial charge in [0.1, 0.15) is 12.4 Å². The molecule has 0 spiro atoms. The highest BCUT2D eigenvalue weighted by Gasteiger charge is 2.24. The maximum Gasteiger partial charge on any atom is 0.254 e. The smallest absolute Gasteiger partial charge is 0.254 e. The summed E-state index contributed by atoms with van der Waals surface area (Å²) < 4.78 is 1.79. The molecular formula is C33H38N4O2. The van der Waals surface area contributed by atoms with Crippen molar-refractivity contribution in [3.05, 3.63) is 102 Å². The van der Waals surface area contributed by atoms with Crippen LogP contribution in [0.5, 0.6) is 0 Å². The third-order valence-corrected chi connectivity index (χ3v) is 6.73. The maximum absolute atomic E-state index is 13.5. The lowest BCUT2D eigenvalue weighted by Crippen LogP contribution is -2.39. The molecule has 4 aromatic rings. The van der Waals surface area contributed by atoms with Crippen molar-refractivity contribution < 1.29 is 9.59 Å². The average molecular weight is 523 g/mol. The van der Waals surface area contributed by atoms with Crippen LogP contribution in [0.1, 0.15) is 62.2 Å². The highest BCUT2D eigenvalue weighted by Crippen LogP contribution is 2.27. The number of nitrogens with one attached hydrogen (secondary N) is 1. The Balaban J connectivity index is 1.55. The Bertz CT molecular complexity index is 1420. The molecule has 6 nitrogen and oxygen atoms in total. The van der Waals surface area contributed by atoms with E-state index in [-0.39, 0.29) is 23.8 Å². The van der Waals surface area contributed by atoms with E-state index in [9.17, 15) is 9.59 Å². The molecule has 0 radical (unpaired) electrons. The Labute approximate surface area is 231 Å². The van der Waals surface area contributed by atoms with Crippen molar-refractivity contribution in [3.63, 3.8) is 0 Å². The molecule has 1 aromatic heterocycles. The first-order valence-corrected chi connectivity index (χ1v) is 13.6. The number of rotatable bonds is 9. The Morgan fingerprint density at radius 2 is 1.54 bits per heavy atom. The number of anilines is 1. The van der Waals surface area contributed by atoms with Gasteiger partial charge in [0, 0.05) is 23.6 Å². The van der Waals surface area contributed by atoms with Crippen molar-refractivity contribution in [2.75, 3.05) is 18.4 Å². The van der Waals surface area contributed by atoms with Gasteiger partial charge in [0.05, 0.1) is 11.4 Å². The minimum absolute atomic E-state index is 0.0386. The van der Waals surface area contributed by atoms with Gasteiger partial charge in [-0.2, -0.15) is 5.10 Å². The van der Waals surface area contributed by atoms with Gasteiger partial charge in [-0.15, -0.1) is 0 Å². The minimum atomic E-state index is -0.254. The van der Waals surface area contributed by atoms with E-state index >= 15 is 0 Å². The number of para-hydroxylation sites is 1. The van der Waals surface area contributed by atoms with Crippen LogP contribution in [0.4, 0.5) is 5.82 Å². The molecular weight excluding hydrogens is 484 g/mol. The number of nitrogens with zero attached hydrogens (tertiary/aromatic N) is 3. The Kier molecular flexibility index (Phi) is 8.65. The van der Waals surface area contributed by atoms with Crippen LogP contribution < -0.4 is 5.32 Å². The molecule has 4 rings (SSSR count). The molecule has 0 bridgehead atoms. The molecule has 0 unspecified atom stereocenters. The molecule has 3 aromatic carbocycles. The fourth-order valence-electron chi connectivity index (χ4n) is 4.40. The molecule has 1 heterocycles. The van der Waals surface area contributed by atoms with E-state index in [1.54, 1.807) is 9.58 Å². The molecule has 39 heavy (non-hydrogen) atoms. The van der Waals surface area contributed by atoms with Crippen molar-refractivity contribution in [2.24, 2.45) is 0 Å². The average Bonchev–Trinajstić information content (AvgIpc) is 3.35. The summed E-state index contributed by atoms with van der Waals surface area (Å²) in [5.74, 6) is 0.186. The highest BCUT2D eigenvalue weighted by atomic mass is 16.2. The zero-order chi connectivity index (χ0) is 28.0. The topological polar surface area (TPSA) is 67.2 Å². The Morgan fingerprint density at radius 3 is 2.18 bits per heavy atom. The highest BCUT2D eigenvalue weighted by molar-refractivity contribution is 5.99. The number of hydrogen-bond donors (Lipinski definition) is 1. The number of hydrogen-bond acceptors (Lipinski definition) is 3. The molecule has 6 heteroatoms. The van der Waals surface area contributed by atoms with Gasteiger partial charge in [-0.25, -0.2) is 4.68 Å². The van der Waals surface area contributed by atoms with Crippen molar-refractivity contribution in [3.8, 4) is 16.8 Å². The lowest BCUT2D eigenvalue weighted by atomic mass is 9.92. The molecule has 0 fully saturated rings.